The van der Waals surface area contributed by atoms with Crippen molar-refractivity contribution in [2.45, 2.75) is 12.8 Å². The van der Waals surface area contributed by atoms with Crippen LogP contribution in [0.25, 0.3) is 11.4 Å². The molecule has 1 aromatic heterocycles. The first-order valence-electron chi connectivity index (χ1n) is 7.49. The van der Waals surface area contributed by atoms with Crippen LogP contribution in [0.3, 0.4) is 0 Å². The Balaban J connectivity index is 1.63. The van der Waals surface area contributed by atoms with Crippen molar-refractivity contribution in [2.75, 3.05) is 5.32 Å². The highest BCUT2D eigenvalue weighted by Crippen LogP contribution is 2.20. The van der Waals surface area contributed by atoms with Gasteiger partial charge < -0.3 is 5.32 Å². The summed E-state index contributed by atoms with van der Waals surface area (Å²) in [6.45, 7) is 0. The zero-order chi connectivity index (χ0) is 16.9. The lowest BCUT2D eigenvalue weighted by molar-refractivity contribution is -0.116. The van der Waals surface area contributed by atoms with E-state index in [4.69, 9.17) is 11.6 Å². The first kappa shape index (κ1) is 16.1. The number of amides is 1. The van der Waals surface area contributed by atoms with Crippen LogP contribution in [-0.4, -0.2) is 26.1 Å². The van der Waals surface area contributed by atoms with Gasteiger partial charge in [0.1, 0.15) is 0 Å². The minimum absolute atomic E-state index is 0.0526. The van der Waals surface area contributed by atoms with Crippen molar-refractivity contribution in [3.05, 3.63) is 59.1 Å². The monoisotopic (exact) mass is 341 g/mol. The molecule has 0 aliphatic heterocycles. The van der Waals surface area contributed by atoms with Crippen molar-refractivity contribution in [1.29, 1.82) is 0 Å². The molecule has 1 heterocycles. The Kier molecular flexibility index (Phi) is 4.86. The van der Waals surface area contributed by atoms with Gasteiger partial charge in [0.2, 0.25) is 5.91 Å². The zero-order valence-electron chi connectivity index (χ0n) is 13.1. The summed E-state index contributed by atoms with van der Waals surface area (Å²) in [5, 5.41) is 15.0. The molecule has 3 aromatic rings. The molecule has 1 N–H and O–H groups in total. The average molecular weight is 342 g/mol. The van der Waals surface area contributed by atoms with Crippen molar-refractivity contribution in [1.82, 2.24) is 20.2 Å². The van der Waals surface area contributed by atoms with Gasteiger partial charge in [-0.1, -0.05) is 35.9 Å². The van der Waals surface area contributed by atoms with Gasteiger partial charge in [0.15, 0.2) is 5.82 Å². The molecule has 0 spiro atoms. The number of nitrogens with one attached hydrogen (secondary N) is 1. The highest BCUT2D eigenvalue weighted by atomic mass is 35.5. The molecule has 0 aliphatic carbocycles. The van der Waals surface area contributed by atoms with Crippen LogP contribution in [0.2, 0.25) is 5.02 Å². The summed E-state index contributed by atoms with van der Waals surface area (Å²) in [4.78, 5) is 12.1. The molecule has 7 heteroatoms. The van der Waals surface area contributed by atoms with Crippen molar-refractivity contribution in [3.63, 3.8) is 0 Å². The van der Waals surface area contributed by atoms with Crippen molar-refractivity contribution in [2.24, 2.45) is 7.05 Å². The third-order valence-electron chi connectivity index (χ3n) is 3.55. The van der Waals surface area contributed by atoms with E-state index in [1.807, 2.05) is 48.5 Å². The summed E-state index contributed by atoms with van der Waals surface area (Å²) < 4.78 is 1.58. The van der Waals surface area contributed by atoms with Crippen LogP contribution in [0.15, 0.2) is 48.5 Å². The van der Waals surface area contributed by atoms with Gasteiger partial charge in [0.25, 0.3) is 0 Å². The van der Waals surface area contributed by atoms with Crippen molar-refractivity contribution < 1.29 is 4.79 Å². The van der Waals surface area contributed by atoms with E-state index in [1.165, 1.54) is 0 Å². The maximum Gasteiger partial charge on any atom is 0.224 e. The summed E-state index contributed by atoms with van der Waals surface area (Å²) in [7, 11) is 1.77. The van der Waals surface area contributed by atoms with E-state index in [0.717, 1.165) is 11.1 Å². The fraction of sp³-hybridized carbons (Fsp3) is 0.176. The number of benzene rings is 2. The number of halogens is 1. The van der Waals surface area contributed by atoms with Crippen molar-refractivity contribution >= 4 is 23.2 Å². The first-order chi connectivity index (χ1) is 11.6. The van der Waals surface area contributed by atoms with Crippen LogP contribution >= 0.6 is 11.6 Å². The largest absolute Gasteiger partial charge is 0.326 e. The highest BCUT2D eigenvalue weighted by Gasteiger charge is 2.08. The lowest BCUT2D eigenvalue weighted by Gasteiger charge is -2.07. The number of aryl methyl sites for hydroxylation is 2. The Bertz CT molecular complexity index is 861. The molecule has 0 fully saturated rings. The van der Waals surface area contributed by atoms with E-state index in [2.05, 4.69) is 20.8 Å². The SMILES string of the molecule is Cn1nnnc1-c1cccc(NC(=O)CCc2cccc(Cl)c2)c1. The number of aromatic nitrogens is 4. The minimum atomic E-state index is -0.0526. The molecular formula is C17H16ClN5O. The molecule has 0 radical (unpaired) electrons. The van der Waals surface area contributed by atoms with Crippen molar-refractivity contribution in [3.8, 4) is 11.4 Å². The standard InChI is InChI=1S/C17H16ClN5O/c1-23-17(20-21-22-23)13-5-3-7-15(11-13)19-16(24)9-8-12-4-2-6-14(18)10-12/h2-7,10-11H,8-9H2,1H3,(H,19,24). The molecule has 0 unspecified atom stereocenters. The molecule has 122 valence electrons. The second-order valence-corrected chi connectivity index (χ2v) is 5.82. The maximum atomic E-state index is 12.1. The normalized spacial score (nSPS) is 10.6. The van der Waals surface area contributed by atoms with Crippen LogP contribution in [0.4, 0.5) is 5.69 Å². The van der Waals surface area contributed by atoms with Gasteiger partial charge in [-0.3, -0.25) is 4.79 Å². The highest BCUT2D eigenvalue weighted by molar-refractivity contribution is 6.30. The fourth-order valence-corrected chi connectivity index (χ4v) is 2.60. The summed E-state index contributed by atoms with van der Waals surface area (Å²) in [5.74, 6) is 0.591. The van der Waals surface area contributed by atoms with E-state index in [-0.39, 0.29) is 5.91 Å². The number of rotatable bonds is 5. The first-order valence-corrected chi connectivity index (χ1v) is 7.87. The second kappa shape index (κ2) is 7.23. The molecule has 2 aromatic carbocycles. The molecule has 24 heavy (non-hydrogen) atoms. The number of carbonyl (C=O) groups excluding carboxylic acids is 1. The van der Waals surface area contributed by atoms with Gasteiger partial charge in [-0.25, -0.2) is 4.68 Å². The van der Waals surface area contributed by atoms with Gasteiger partial charge in [0, 0.05) is 29.7 Å². The Morgan fingerprint density at radius 3 is 2.79 bits per heavy atom. The van der Waals surface area contributed by atoms with E-state index in [9.17, 15) is 4.79 Å². The molecule has 0 aliphatic rings. The van der Waals surface area contributed by atoms with Crippen LogP contribution in [0.5, 0.6) is 0 Å². The number of hydrogen-bond acceptors (Lipinski definition) is 4. The number of hydrogen-bond donors (Lipinski definition) is 1. The van der Waals surface area contributed by atoms with Gasteiger partial charge in [-0.05, 0) is 46.7 Å². The topological polar surface area (TPSA) is 72.7 Å². The van der Waals surface area contributed by atoms with Gasteiger partial charge in [-0.2, -0.15) is 0 Å². The summed E-state index contributed by atoms with van der Waals surface area (Å²) in [6, 6.07) is 15.0. The predicted octanol–water partition coefficient (Wildman–Crippen LogP) is 3.10. The molecule has 1 amide bonds. The number of tetrazole rings is 1. The quantitative estimate of drug-likeness (QED) is 0.774. The zero-order valence-corrected chi connectivity index (χ0v) is 13.9. The number of carbonyl (C=O) groups is 1. The molecule has 0 atom stereocenters. The predicted molar refractivity (Wildman–Crippen MR) is 92.6 cm³/mol. The molecule has 3 rings (SSSR count). The Morgan fingerprint density at radius 2 is 2.04 bits per heavy atom. The van der Waals surface area contributed by atoms with Crippen LogP contribution in [0, 0.1) is 0 Å². The summed E-state index contributed by atoms with van der Waals surface area (Å²) in [6.07, 6.45) is 1.02. The van der Waals surface area contributed by atoms with Gasteiger partial charge in [-0.15, -0.1) is 5.10 Å². The lowest BCUT2D eigenvalue weighted by Crippen LogP contribution is -2.12. The third kappa shape index (κ3) is 3.97. The van der Waals surface area contributed by atoms with Crippen LogP contribution < -0.4 is 5.32 Å². The molecule has 0 bridgehead atoms. The second-order valence-electron chi connectivity index (χ2n) is 5.39. The molecular weight excluding hydrogens is 326 g/mol. The number of nitrogens with zero attached hydrogens (tertiary/aromatic N) is 4. The van der Waals surface area contributed by atoms with E-state index < -0.39 is 0 Å². The Morgan fingerprint density at radius 1 is 1.21 bits per heavy atom. The Labute approximate surface area is 144 Å². The number of anilines is 1. The van der Waals surface area contributed by atoms with Crippen LogP contribution in [0.1, 0.15) is 12.0 Å². The maximum absolute atomic E-state index is 12.1. The van der Waals surface area contributed by atoms with Crippen LogP contribution in [-0.2, 0) is 18.3 Å². The van der Waals surface area contributed by atoms with Gasteiger partial charge in [0.05, 0.1) is 0 Å². The van der Waals surface area contributed by atoms with E-state index >= 15 is 0 Å². The van der Waals surface area contributed by atoms with Gasteiger partial charge >= 0.3 is 0 Å². The minimum Gasteiger partial charge on any atom is -0.326 e. The lowest BCUT2D eigenvalue weighted by atomic mass is 10.1. The summed E-state index contributed by atoms with van der Waals surface area (Å²) in [5.41, 5.74) is 2.60. The van der Waals surface area contributed by atoms with E-state index in [0.29, 0.717) is 29.4 Å². The Hall–Kier alpha value is -2.73. The average Bonchev–Trinajstić information content (AvgIpc) is 2.99. The molecule has 0 saturated carbocycles. The molecule has 0 saturated heterocycles. The fourth-order valence-electron chi connectivity index (χ4n) is 2.38. The smallest absolute Gasteiger partial charge is 0.224 e. The third-order valence-corrected chi connectivity index (χ3v) is 3.79. The van der Waals surface area contributed by atoms with E-state index in [1.54, 1.807) is 11.7 Å². The molecule has 6 nitrogen and oxygen atoms in total. The summed E-state index contributed by atoms with van der Waals surface area (Å²) >= 11 is 5.95.